The lowest BCUT2D eigenvalue weighted by atomic mass is 10.1. The standard InChI is InChI=1S/C17H26N2O/c1-15-8-4-5-9-16(15)14-18-11-10-17(20)19-12-6-2-3-7-13-19/h4-5,8-9,18H,2-3,6-7,10-14H2,1H3. The van der Waals surface area contributed by atoms with E-state index in [4.69, 9.17) is 0 Å². The van der Waals surface area contributed by atoms with Crippen LogP contribution in [0.15, 0.2) is 24.3 Å². The number of aryl methyl sites for hydroxylation is 1. The fourth-order valence-corrected chi connectivity index (χ4v) is 2.71. The van der Waals surface area contributed by atoms with Gasteiger partial charge >= 0.3 is 0 Å². The van der Waals surface area contributed by atoms with E-state index in [2.05, 4.69) is 36.5 Å². The summed E-state index contributed by atoms with van der Waals surface area (Å²) < 4.78 is 0. The third-order valence-electron chi connectivity index (χ3n) is 4.05. The first kappa shape index (κ1) is 15.0. The van der Waals surface area contributed by atoms with Gasteiger partial charge in [-0.3, -0.25) is 4.79 Å². The van der Waals surface area contributed by atoms with Gasteiger partial charge in [0, 0.05) is 32.6 Å². The fourth-order valence-electron chi connectivity index (χ4n) is 2.71. The van der Waals surface area contributed by atoms with Crippen molar-refractivity contribution in [1.29, 1.82) is 0 Å². The van der Waals surface area contributed by atoms with E-state index in [0.29, 0.717) is 12.3 Å². The summed E-state index contributed by atoms with van der Waals surface area (Å²) in [5.74, 6) is 0.309. The van der Waals surface area contributed by atoms with Gasteiger partial charge in [-0.1, -0.05) is 37.1 Å². The lowest BCUT2D eigenvalue weighted by molar-refractivity contribution is -0.131. The van der Waals surface area contributed by atoms with E-state index in [9.17, 15) is 4.79 Å². The Labute approximate surface area is 122 Å². The van der Waals surface area contributed by atoms with Crippen molar-refractivity contribution in [3.63, 3.8) is 0 Å². The molecule has 1 fully saturated rings. The van der Waals surface area contributed by atoms with E-state index < -0.39 is 0 Å². The van der Waals surface area contributed by atoms with Crippen molar-refractivity contribution in [2.75, 3.05) is 19.6 Å². The molecule has 2 rings (SSSR count). The van der Waals surface area contributed by atoms with E-state index in [-0.39, 0.29) is 0 Å². The zero-order chi connectivity index (χ0) is 14.2. The van der Waals surface area contributed by atoms with E-state index in [1.165, 1.54) is 36.8 Å². The van der Waals surface area contributed by atoms with Crippen molar-refractivity contribution >= 4 is 5.91 Å². The maximum atomic E-state index is 12.1. The number of carbonyl (C=O) groups excluding carboxylic acids is 1. The summed E-state index contributed by atoms with van der Waals surface area (Å²) >= 11 is 0. The smallest absolute Gasteiger partial charge is 0.223 e. The average molecular weight is 274 g/mol. The number of carbonyl (C=O) groups is 1. The zero-order valence-electron chi connectivity index (χ0n) is 12.5. The minimum atomic E-state index is 0.309. The van der Waals surface area contributed by atoms with Gasteiger partial charge in [-0.15, -0.1) is 0 Å². The van der Waals surface area contributed by atoms with Crippen LogP contribution >= 0.6 is 0 Å². The van der Waals surface area contributed by atoms with Crippen LogP contribution in [0.5, 0.6) is 0 Å². The van der Waals surface area contributed by atoms with E-state index >= 15 is 0 Å². The van der Waals surface area contributed by atoms with Crippen LogP contribution in [0, 0.1) is 6.92 Å². The van der Waals surface area contributed by atoms with Crippen LogP contribution in [0.2, 0.25) is 0 Å². The summed E-state index contributed by atoms with van der Waals surface area (Å²) in [5.41, 5.74) is 2.62. The first-order chi connectivity index (χ1) is 9.77. The quantitative estimate of drug-likeness (QED) is 0.837. The van der Waals surface area contributed by atoms with Crippen molar-refractivity contribution in [2.24, 2.45) is 0 Å². The molecule has 1 N–H and O–H groups in total. The Morgan fingerprint density at radius 1 is 1.15 bits per heavy atom. The third kappa shape index (κ3) is 4.64. The molecule has 1 aliphatic heterocycles. The summed E-state index contributed by atoms with van der Waals surface area (Å²) in [6, 6.07) is 8.38. The van der Waals surface area contributed by atoms with Gasteiger partial charge < -0.3 is 10.2 Å². The summed E-state index contributed by atoms with van der Waals surface area (Å²) in [7, 11) is 0. The number of likely N-dealkylation sites (tertiary alicyclic amines) is 1. The Bertz CT molecular complexity index is 423. The highest BCUT2D eigenvalue weighted by Gasteiger charge is 2.14. The molecule has 0 spiro atoms. The minimum Gasteiger partial charge on any atom is -0.343 e. The molecule has 1 aromatic rings. The Hall–Kier alpha value is -1.35. The molecule has 3 heteroatoms. The summed E-state index contributed by atoms with van der Waals surface area (Å²) in [4.78, 5) is 14.2. The van der Waals surface area contributed by atoms with E-state index in [1.54, 1.807) is 0 Å². The van der Waals surface area contributed by atoms with Crippen molar-refractivity contribution in [2.45, 2.75) is 45.6 Å². The first-order valence-corrected chi connectivity index (χ1v) is 7.80. The summed E-state index contributed by atoms with van der Waals surface area (Å²) in [5, 5.41) is 3.38. The largest absolute Gasteiger partial charge is 0.343 e. The van der Waals surface area contributed by atoms with Gasteiger partial charge in [-0.25, -0.2) is 0 Å². The normalized spacial score (nSPS) is 15.9. The second kappa shape index (κ2) is 8.05. The maximum absolute atomic E-state index is 12.1. The van der Waals surface area contributed by atoms with Crippen LogP contribution in [0.25, 0.3) is 0 Å². The number of nitrogens with one attached hydrogen (secondary N) is 1. The molecular formula is C17H26N2O. The molecular weight excluding hydrogens is 248 g/mol. The molecule has 0 unspecified atom stereocenters. The molecule has 0 aliphatic carbocycles. The SMILES string of the molecule is Cc1ccccc1CNCCC(=O)N1CCCCCC1. The topological polar surface area (TPSA) is 32.3 Å². The Morgan fingerprint density at radius 3 is 2.55 bits per heavy atom. The number of hydrogen-bond donors (Lipinski definition) is 1. The molecule has 3 nitrogen and oxygen atoms in total. The molecule has 0 atom stereocenters. The molecule has 0 saturated carbocycles. The van der Waals surface area contributed by atoms with Crippen LogP contribution in [0.4, 0.5) is 0 Å². The van der Waals surface area contributed by atoms with Crippen molar-refractivity contribution in [3.8, 4) is 0 Å². The Balaban J connectivity index is 1.67. The third-order valence-corrected chi connectivity index (χ3v) is 4.05. The molecule has 1 aliphatic rings. The number of benzene rings is 1. The summed E-state index contributed by atoms with van der Waals surface area (Å²) in [6.45, 7) is 5.65. The van der Waals surface area contributed by atoms with Gasteiger partial charge in [0.15, 0.2) is 0 Å². The lowest BCUT2D eigenvalue weighted by Gasteiger charge is -2.20. The van der Waals surface area contributed by atoms with Gasteiger partial charge in [-0.2, -0.15) is 0 Å². The number of rotatable bonds is 5. The number of hydrogen-bond acceptors (Lipinski definition) is 2. The second-order valence-electron chi connectivity index (χ2n) is 5.65. The van der Waals surface area contributed by atoms with Crippen molar-refractivity contribution in [3.05, 3.63) is 35.4 Å². The van der Waals surface area contributed by atoms with E-state index in [1.807, 2.05) is 4.90 Å². The summed E-state index contributed by atoms with van der Waals surface area (Å²) in [6.07, 6.45) is 5.50. The highest BCUT2D eigenvalue weighted by Crippen LogP contribution is 2.10. The van der Waals surface area contributed by atoms with Gasteiger partial charge in [0.05, 0.1) is 0 Å². The zero-order valence-corrected chi connectivity index (χ0v) is 12.5. The average Bonchev–Trinajstić information content (AvgIpc) is 2.74. The number of nitrogens with zero attached hydrogens (tertiary/aromatic N) is 1. The lowest BCUT2D eigenvalue weighted by Crippen LogP contribution is -2.33. The van der Waals surface area contributed by atoms with Gasteiger partial charge in [0.25, 0.3) is 0 Å². The molecule has 0 bridgehead atoms. The highest BCUT2D eigenvalue weighted by atomic mass is 16.2. The molecule has 1 saturated heterocycles. The minimum absolute atomic E-state index is 0.309. The highest BCUT2D eigenvalue weighted by molar-refractivity contribution is 5.76. The molecule has 1 amide bonds. The second-order valence-corrected chi connectivity index (χ2v) is 5.65. The predicted octanol–water partition coefficient (Wildman–Crippen LogP) is 2.88. The van der Waals surface area contributed by atoms with Gasteiger partial charge in [0.2, 0.25) is 5.91 Å². The fraction of sp³-hybridized carbons (Fsp3) is 0.588. The first-order valence-electron chi connectivity index (χ1n) is 7.80. The van der Waals surface area contributed by atoms with Gasteiger partial charge in [0.1, 0.15) is 0 Å². The van der Waals surface area contributed by atoms with Crippen LogP contribution in [0.3, 0.4) is 0 Å². The number of amides is 1. The van der Waals surface area contributed by atoms with Crippen molar-refractivity contribution in [1.82, 2.24) is 10.2 Å². The molecule has 0 aromatic heterocycles. The van der Waals surface area contributed by atoms with Crippen molar-refractivity contribution < 1.29 is 4.79 Å². The predicted molar refractivity (Wildman–Crippen MR) is 82.6 cm³/mol. The Morgan fingerprint density at radius 2 is 1.85 bits per heavy atom. The van der Waals surface area contributed by atoms with E-state index in [0.717, 1.165) is 26.2 Å². The van der Waals surface area contributed by atoms with Gasteiger partial charge in [-0.05, 0) is 30.9 Å². The Kier molecular flexibility index (Phi) is 6.06. The van der Waals surface area contributed by atoms with Crippen LogP contribution in [-0.4, -0.2) is 30.4 Å². The molecule has 0 radical (unpaired) electrons. The maximum Gasteiger partial charge on any atom is 0.223 e. The molecule has 1 aromatic carbocycles. The van der Waals surface area contributed by atoms with Crippen LogP contribution in [0.1, 0.15) is 43.2 Å². The molecule has 20 heavy (non-hydrogen) atoms. The molecule has 1 heterocycles. The van der Waals surface area contributed by atoms with Crippen LogP contribution in [-0.2, 0) is 11.3 Å². The molecule has 110 valence electrons. The monoisotopic (exact) mass is 274 g/mol. The van der Waals surface area contributed by atoms with Crippen LogP contribution < -0.4 is 5.32 Å².